The van der Waals surface area contributed by atoms with Crippen LogP contribution < -0.4 is 0 Å². The lowest BCUT2D eigenvalue weighted by molar-refractivity contribution is 0.671. The summed E-state index contributed by atoms with van der Waals surface area (Å²) < 4.78 is 2.02. The first-order chi connectivity index (χ1) is 12.3. The van der Waals surface area contributed by atoms with Crippen LogP contribution in [0.5, 0.6) is 0 Å². The minimum absolute atomic E-state index is 0.721. The Morgan fingerprint density at radius 3 is 2.04 bits per heavy atom. The highest BCUT2D eigenvalue weighted by molar-refractivity contribution is 6.23. The number of nitrogens with zero attached hydrogens (tertiary/aromatic N) is 3. The molecule has 25 heavy (non-hydrogen) atoms. The van der Waals surface area contributed by atoms with Crippen molar-refractivity contribution in [3.8, 4) is 0 Å². The Labute approximate surface area is 145 Å². The Bertz CT molecular complexity index is 1220. The Hall–Kier alpha value is -3.20. The van der Waals surface area contributed by atoms with Gasteiger partial charge in [-0.25, -0.2) is 4.68 Å². The van der Waals surface area contributed by atoms with Gasteiger partial charge in [-0.1, -0.05) is 83.6 Å². The topological polar surface area (TPSA) is 30.7 Å². The second-order valence-electron chi connectivity index (χ2n) is 6.52. The van der Waals surface area contributed by atoms with Crippen LogP contribution in [0.3, 0.4) is 0 Å². The van der Waals surface area contributed by atoms with Crippen LogP contribution in [0.15, 0.2) is 72.8 Å². The molecule has 0 unspecified atom stereocenters. The highest BCUT2D eigenvalue weighted by atomic mass is 15.4. The van der Waals surface area contributed by atoms with E-state index in [4.69, 9.17) is 0 Å². The van der Waals surface area contributed by atoms with E-state index in [-0.39, 0.29) is 0 Å². The van der Waals surface area contributed by atoms with Crippen molar-refractivity contribution >= 4 is 32.6 Å². The quantitative estimate of drug-likeness (QED) is 0.423. The third-order valence-electron chi connectivity index (χ3n) is 4.84. The molecule has 0 amide bonds. The highest BCUT2D eigenvalue weighted by Crippen LogP contribution is 2.33. The predicted octanol–water partition coefficient (Wildman–Crippen LogP) is 5.09. The third kappa shape index (κ3) is 2.20. The fourth-order valence-corrected chi connectivity index (χ4v) is 3.59. The number of fused-ring (bicyclic) bond motifs is 6. The predicted molar refractivity (Wildman–Crippen MR) is 103 cm³/mol. The van der Waals surface area contributed by atoms with E-state index in [2.05, 4.69) is 90.0 Å². The standard InChI is InChI=1S/C22H17N3/c1-15-10-12-16(13-11-15)14-25-22-20-9-5-3-7-18(20)17-6-2-4-8-19(17)21(22)23-24-25/h2-13H,14H2,1H3. The zero-order valence-electron chi connectivity index (χ0n) is 14.0. The fraction of sp³-hybridized carbons (Fsp3) is 0.0909. The van der Waals surface area contributed by atoms with Gasteiger partial charge in [0.1, 0.15) is 5.52 Å². The van der Waals surface area contributed by atoms with Gasteiger partial charge in [-0.05, 0) is 23.3 Å². The lowest BCUT2D eigenvalue weighted by Crippen LogP contribution is -2.02. The van der Waals surface area contributed by atoms with Crippen molar-refractivity contribution in [2.45, 2.75) is 13.5 Å². The first-order valence-electron chi connectivity index (χ1n) is 8.49. The summed E-state index contributed by atoms with van der Waals surface area (Å²) in [6.45, 7) is 2.83. The Kier molecular flexibility index (Phi) is 3.07. The Balaban J connectivity index is 1.83. The second kappa shape index (κ2) is 5.42. The SMILES string of the molecule is Cc1ccc(Cn2nnc3c4ccccc4c4ccccc4c32)cc1. The minimum atomic E-state index is 0.721. The molecule has 0 spiro atoms. The van der Waals surface area contributed by atoms with Crippen molar-refractivity contribution in [1.82, 2.24) is 15.0 Å². The zero-order chi connectivity index (χ0) is 16.8. The molecule has 1 heterocycles. The molecule has 0 aliphatic heterocycles. The van der Waals surface area contributed by atoms with Crippen molar-refractivity contribution in [1.29, 1.82) is 0 Å². The molecule has 1 aromatic heterocycles. The summed E-state index contributed by atoms with van der Waals surface area (Å²) in [4.78, 5) is 0. The molecule has 0 saturated heterocycles. The lowest BCUT2D eigenvalue weighted by Gasteiger charge is -2.08. The molecule has 0 atom stereocenters. The number of aromatic nitrogens is 3. The van der Waals surface area contributed by atoms with Gasteiger partial charge in [0.15, 0.2) is 0 Å². The van der Waals surface area contributed by atoms with Gasteiger partial charge in [-0.2, -0.15) is 0 Å². The monoisotopic (exact) mass is 323 g/mol. The molecule has 3 nitrogen and oxygen atoms in total. The van der Waals surface area contributed by atoms with Gasteiger partial charge in [0.2, 0.25) is 0 Å². The molecule has 0 aliphatic carbocycles. The van der Waals surface area contributed by atoms with Crippen LogP contribution in [-0.4, -0.2) is 15.0 Å². The average molecular weight is 323 g/mol. The molecule has 0 radical (unpaired) electrons. The van der Waals surface area contributed by atoms with Crippen molar-refractivity contribution in [3.05, 3.63) is 83.9 Å². The van der Waals surface area contributed by atoms with Crippen LogP contribution in [0, 0.1) is 6.92 Å². The van der Waals surface area contributed by atoms with E-state index in [0.29, 0.717) is 0 Å². The van der Waals surface area contributed by atoms with Gasteiger partial charge in [0.25, 0.3) is 0 Å². The van der Waals surface area contributed by atoms with Crippen molar-refractivity contribution in [2.75, 3.05) is 0 Å². The van der Waals surface area contributed by atoms with Crippen LogP contribution in [0.25, 0.3) is 32.6 Å². The minimum Gasteiger partial charge on any atom is -0.240 e. The van der Waals surface area contributed by atoms with E-state index in [9.17, 15) is 0 Å². The summed E-state index contributed by atoms with van der Waals surface area (Å²) in [5.41, 5.74) is 4.58. The number of hydrogen-bond acceptors (Lipinski definition) is 2. The maximum Gasteiger partial charge on any atom is 0.121 e. The fourth-order valence-electron chi connectivity index (χ4n) is 3.59. The van der Waals surface area contributed by atoms with Gasteiger partial charge in [-0.3, -0.25) is 0 Å². The van der Waals surface area contributed by atoms with Crippen LogP contribution in [0.1, 0.15) is 11.1 Å². The average Bonchev–Trinajstić information content (AvgIpc) is 3.08. The summed E-state index contributed by atoms with van der Waals surface area (Å²) in [5, 5.41) is 13.8. The van der Waals surface area contributed by atoms with Crippen LogP contribution >= 0.6 is 0 Å². The molecule has 5 rings (SSSR count). The normalized spacial score (nSPS) is 11.6. The summed E-state index contributed by atoms with van der Waals surface area (Å²) in [6, 6.07) is 25.6. The molecule has 0 saturated carbocycles. The molecular weight excluding hydrogens is 306 g/mol. The van der Waals surface area contributed by atoms with Crippen molar-refractivity contribution < 1.29 is 0 Å². The highest BCUT2D eigenvalue weighted by Gasteiger charge is 2.14. The van der Waals surface area contributed by atoms with Crippen LogP contribution in [0.4, 0.5) is 0 Å². The van der Waals surface area contributed by atoms with Crippen LogP contribution in [0.2, 0.25) is 0 Å². The van der Waals surface area contributed by atoms with E-state index in [1.165, 1.54) is 27.3 Å². The van der Waals surface area contributed by atoms with E-state index < -0.39 is 0 Å². The molecule has 3 heteroatoms. The van der Waals surface area contributed by atoms with E-state index in [1.807, 2.05) is 4.68 Å². The third-order valence-corrected chi connectivity index (χ3v) is 4.84. The van der Waals surface area contributed by atoms with Crippen LogP contribution in [-0.2, 0) is 6.54 Å². The molecule has 0 aliphatic rings. The number of rotatable bonds is 2. The Morgan fingerprint density at radius 1 is 0.720 bits per heavy atom. The first kappa shape index (κ1) is 14.2. The van der Waals surface area contributed by atoms with E-state index in [0.717, 1.165) is 23.0 Å². The van der Waals surface area contributed by atoms with Crippen molar-refractivity contribution in [2.24, 2.45) is 0 Å². The zero-order valence-corrected chi connectivity index (χ0v) is 14.0. The van der Waals surface area contributed by atoms with Gasteiger partial charge >= 0.3 is 0 Å². The maximum atomic E-state index is 4.52. The van der Waals surface area contributed by atoms with Gasteiger partial charge < -0.3 is 0 Å². The molecular formula is C22H17N3. The summed E-state index contributed by atoms with van der Waals surface area (Å²) in [6.07, 6.45) is 0. The smallest absolute Gasteiger partial charge is 0.121 e. The molecule has 4 aromatic carbocycles. The molecule has 0 bridgehead atoms. The van der Waals surface area contributed by atoms with E-state index >= 15 is 0 Å². The summed E-state index contributed by atoms with van der Waals surface area (Å²) in [7, 11) is 0. The second-order valence-corrected chi connectivity index (χ2v) is 6.52. The number of hydrogen-bond donors (Lipinski definition) is 0. The lowest BCUT2D eigenvalue weighted by atomic mass is 10.00. The maximum absolute atomic E-state index is 4.52. The van der Waals surface area contributed by atoms with E-state index in [1.54, 1.807) is 0 Å². The number of aryl methyl sites for hydroxylation is 1. The first-order valence-corrected chi connectivity index (χ1v) is 8.49. The van der Waals surface area contributed by atoms with Gasteiger partial charge in [-0.15, -0.1) is 5.10 Å². The Morgan fingerprint density at radius 2 is 1.32 bits per heavy atom. The molecule has 5 aromatic rings. The molecule has 120 valence electrons. The van der Waals surface area contributed by atoms with Gasteiger partial charge in [0, 0.05) is 10.8 Å². The largest absolute Gasteiger partial charge is 0.240 e. The molecule has 0 N–H and O–H groups in total. The summed E-state index contributed by atoms with van der Waals surface area (Å²) >= 11 is 0. The molecule has 0 fully saturated rings. The van der Waals surface area contributed by atoms with Gasteiger partial charge in [0.05, 0.1) is 12.1 Å². The summed E-state index contributed by atoms with van der Waals surface area (Å²) in [5.74, 6) is 0. The van der Waals surface area contributed by atoms with Crippen molar-refractivity contribution in [3.63, 3.8) is 0 Å². The number of benzene rings is 4.